The number of ketones is 1. The van der Waals surface area contributed by atoms with E-state index in [0.29, 0.717) is 0 Å². The number of carbonyl (C=O) groups is 2. The lowest BCUT2D eigenvalue weighted by Gasteiger charge is -2.12. The van der Waals surface area contributed by atoms with E-state index in [1.54, 1.807) is 7.05 Å². The van der Waals surface area contributed by atoms with Gasteiger partial charge in [0.15, 0.2) is 0 Å². The summed E-state index contributed by atoms with van der Waals surface area (Å²) in [5.41, 5.74) is 5.05. The van der Waals surface area contributed by atoms with Gasteiger partial charge in [-0.3, -0.25) is 9.59 Å². The highest BCUT2D eigenvalue weighted by atomic mass is 16.2. The smallest absolute Gasteiger partial charge is 0.236 e. The molecule has 0 rings (SSSR count). The Morgan fingerprint density at radius 1 is 1.42 bits per heavy atom. The largest absolute Gasteiger partial charge is 0.337 e. The van der Waals surface area contributed by atoms with E-state index in [1.807, 2.05) is 0 Å². The number of terminal acetylenes is 1. The lowest BCUT2D eigenvalue weighted by atomic mass is 10.4. The van der Waals surface area contributed by atoms with Gasteiger partial charge in [0.1, 0.15) is 5.78 Å². The number of rotatable bonds is 3. The van der Waals surface area contributed by atoms with Crippen molar-refractivity contribution in [2.75, 3.05) is 20.1 Å². The number of nitrogens with two attached hydrogens (primary N) is 1. The summed E-state index contributed by atoms with van der Waals surface area (Å²) in [6, 6.07) is 0. The fraction of sp³-hybridized carbons (Fsp3) is 0.500. The maximum absolute atomic E-state index is 10.7. The monoisotopic (exact) mass is 170 g/mol. The summed E-state index contributed by atoms with van der Waals surface area (Å²) in [5, 5.41) is 0. The molecule has 0 spiro atoms. The van der Waals surface area contributed by atoms with Gasteiger partial charge in [-0.15, -0.1) is 12.8 Å². The molecule has 2 N–H and O–H groups in total. The Bertz CT molecular complexity index is 175. The fourth-order valence-electron chi connectivity index (χ4n) is 0.578. The highest BCUT2D eigenvalue weighted by Gasteiger charge is 2.06. The molecule has 4 heteroatoms. The van der Waals surface area contributed by atoms with E-state index in [-0.39, 0.29) is 24.8 Å². The Hall–Kier alpha value is -1.34. The van der Waals surface area contributed by atoms with Gasteiger partial charge in [0.2, 0.25) is 5.91 Å². The average Bonchev–Trinajstić information content (AvgIpc) is 2.05. The van der Waals surface area contributed by atoms with Gasteiger partial charge in [0.05, 0.1) is 13.1 Å². The molecule has 0 aliphatic heterocycles. The van der Waals surface area contributed by atoms with E-state index in [9.17, 15) is 9.59 Å². The maximum Gasteiger partial charge on any atom is 0.236 e. The van der Waals surface area contributed by atoms with Crippen LogP contribution in [0.25, 0.3) is 0 Å². The third kappa shape index (κ3) is 6.78. The molecule has 0 aromatic rings. The maximum atomic E-state index is 10.7. The van der Waals surface area contributed by atoms with Crippen LogP contribution in [0.15, 0.2) is 0 Å². The molecule has 0 saturated carbocycles. The number of Topliss-reactive ketones (excluding diaryl/α,β-unsaturated/α-hetero) is 1. The molecule has 0 saturated heterocycles. The Balaban J connectivity index is 0. The molecule has 0 aliphatic carbocycles. The first-order chi connectivity index (χ1) is 5.57. The first kappa shape index (κ1) is 13.3. The standard InChI is InChI=1S/C6H12N2O2.C2H2/c1-5(9)4-8(2)6(10)3-7;1-2/h3-4,7H2,1-2H3;1-2H. The van der Waals surface area contributed by atoms with E-state index >= 15 is 0 Å². The van der Waals surface area contributed by atoms with E-state index in [2.05, 4.69) is 12.8 Å². The Morgan fingerprint density at radius 2 is 1.83 bits per heavy atom. The van der Waals surface area contributed by atoms with Crippen molar-refractivity contribution in [3.05, 3.63) is 0 Å². The molecule has 0 aromatic heterocycles. The van der Waals surface area contributed by atoms with Gasteiger partial charge >= 0.3 is 0 Å². The third-order valence-electron chi connectivity index (χ3n) is 1.06. The predicted octanol–water partition coefficient (Wildman–Crippen LogP) is -0.758. The first-order valence-corrected chi connectivity index (χ1v) is 3.34. The minimum atomic E-state index is -0.213. The van der Waals surface area contributed by atoms with Gasteiger partial charge in [-0.05, 0) is 6.92 Å². The van der Waals surface area contributed by atoms with Crippen LogP contribution in [0.5, 0.6) is 0 Å². The van der Waals surface area contributed by atoms with Crippen LogP contribution in [0.4, 0.5) is 0 Å². The number of carbonyl (C=O) groups excluding carboxylic acids is 2. The molecule has 12 heavy (non-hydrogen) atoms. The van der Waals surface area contributed by atoms with Crippen molar-refractivity contribution >= 4 is 11.7 Å². The van der Waals surface area contributed by atoms with Gasteiger partial charge in [-0.2, -0.15) is 0 Å². The SMILES string of the molecule is C#C.CC(=O)CN(C)C(=O)CN. The highest BCUT2D eigenvalue weighted by molar-refractivity contribution is 5.85. The lowest BCUT2D eigenvalue weighted by Crippen LogP contribution is -2.35. The molecule has 0 aliphatic rings. The van der Waals surface area contributed by atoms with E-state index in [4.69, 9.17) is 5.73 Å². The number of hydrogen-bond donors (Lipinski definition) is 1. The van der Waals surface area contributed by atoms with Crippen molar-refractivity contribution in [1.82, 2.24) is 4.90 Å². The molecule has 0 unspecified atom stereocenters. The van der Waals surface area contributed by atoms with Gasteiger partial charge in [0, 0.05) is 7.05 Å². The Labute approximate surface area is 72.7 Å². The molecule has 0 bridgehead atoms. The van der Waals surface area contributed by atoms with Crippen LogP contribution in [-0.4, -0.2) is 36.7 Å². The van der Waals surface area contributed by atoms with Crippen LogP contribution >= 0.6 is 0 Å². The van der Waals surface area contributed by atoms with Crippen molar-refractivity contribution in [3.8, 4) is 12.8 Å². The molecule has 68 valence electrons. The summed E-state index contributed by atoms with van der Waals surface area (Å²) >= 11 is 0. The topological polar surface area (TPSA) is 63.4 Å². The quantitative estimate of drug-likeness (QED) is 0.566. The van der Waals surface area contributed by atoms with Crippen LogP contribution in [0.1, 0.15) is 6.92 Å². The zero-order valence-electron chi connectivity index (χ0n) is 7.41. The van der Waals surface area contributed by atoms with Crippen LogP contribution < -0.4 is 5.73 Å². The van der Waals surface area contributed by atoms with Crippen molar-refractivity contribution < 1.29 is 9.59 Å². The summed E-state index contributed by atoms with van der Waals surface area (Å²) in [7, 11) is 1.55. The van der Waals surface area contributed by atoms with Gasteiger partial charge in [0.25, 0.3) is 0 Å². The minimum absolute atomic E-state index is 0.0377. The van der Waals surface area contributed by atoms with E-state index in [0.717, 1.165) is 0 Å². The first-order valence-electron chi connectivity index (χ1n) is 3.34. The number of nitrogens with zero attached hydrogens (tertiary/aromatic N) is 1. The van der Waals surface area contributed by atoms with Crippen molar-refractivity contribution in [2.45, 2.75) is 6.92 Å². The molecule has 0 heterocycles. The Morgan fingerprint density at radius 3 is 2.08 bits per heavy atom. The molecule has 4 nitrogen and oxygen atoms in total. The number of likely N-dealkylation sites (N-methyl/N-ethyl adjacent to an activating group) is 1. The minimum Gasteiger partial charge on any atom is -0.337 e. The molecule has 0 aromatic carbocycles. The molecular weight excluding hydrogens is 156 g/mol. The zero-order valence-corrected chi connectivity index (χ0v) is 7.41. The summed E-state index contributed by atoms with van der Waals surface area (Å²) in [6.45, 7) is 1.54. The van der Waals surface area contributed by atoms with Crippen molar-refractivity contribution in [3.63, 3.8) is 0 Å². The summed E-state index contributed by atoms with van der Waals surface area (Å²) < 4.78 is 0. The number of hydrogen-bond acceptors (Lipinski definition) is 3. The van der Waals surface area contributed by atoms with Crippen LogP contribution in [-0.2, 0) is 9.59 Å². The number of amides is 1. The summed E-state index contributed by atoms with van der Waals surface area (Å²) in [5.74, 6) is -0.250. The van der Waals surface area contributed by atoms with Crippen molar-refractivity contribution in [1.29, 1.82) is 0 Å². The second-order valence-corrected chi connectivity index (χ2v) is 2.16. The van der Waals surface area contributed by atoms with Crippen LogP contribution in [0.2, 0.25) is 0 Å². The molecule has 1 amide bonds. The van der Waals surface area contributed by atoms with E-state index in [1.165, 1.54) is 11.8 Å². The predicted molar refractivity (Wildman–Crippen MR) is 47.3 cm³/mol. The second kappa shape index (κ2) is 7.76. The van der Waals surface area contributed by atoms with Crippen molar-refractivity contribution in [2.24, 2.45) is 5.73 Å². The van der Waals surface area contributed by atoms with Crippen LogP contribution in [0, 0.1) is 12.8 Å². The van der Waals surface area contributed by atoms with Gasteiger partial charge in [-0.25, -0.2) is 0 Å². The Kier molecular flexibility index (Phi) is 8.58. The third-order valence-corrected chi connectivity index (χ3v) is 1.06. The summed E-state index contributed by atoms with van der Waals surface area (Å²) in [6.07, 6.45) is 8.00. The zero-order chi connectivity index (χ0) is 10.1. The van der Waals surface area contributed by atoms with Gasteiger partial charge in [-0.1, -0.05) is 0 Å². The second-order valence-electron chi connectivity index (χ2n) is 2.16. The average molecular weight is 170 g/mol. The normalized spacial score (nSPS) is 7.75. The molecular formula is C8H14N2O2. The van der Waals surface area contributed by atoms with Crippen LogP contribution in [0.3, 0.4) is 0 Å². The molecule has 0 atom stereocenters. The molecule has 0 fully saturated rings. The molecule has 0 radical (unpaired) electrons. The lowest BCUT2D eigenvalue weighted by molar-refractivity contribution is -0.132. The van der Waals surface area contributed by atoms with E-state index < -0.39 is 0 Å². The fourth-order valence-corrected chi connectivity index (χ4v) is 0.578. The summed E-state index contributed by atoms with van der Waals surface area (Å²) in [4.78, 5) is 22.4. The van der Waals surface area contributed by atoms with Gasteiger partial charge < -0.3 is 10.6 Å². The highest BCUT2D eigenvalue weighted by Crippen LogP contribution is 1.82.